The van der Waals surface area contributed by atoms with E-state index in [9.17, 15) is 0 Å². The molecule has 5 rings (SSSR count). The second kappa shape index (κ2) is 12.1. The molecule has 8 bridgehead atoms. The van der Waals surface area contributed by atoms with Gasteiger partial charge in [0.05, 0.1) is 50.1 Å². The van der Waals surface area contributed by atoms with E-state index in [0.717, 1.165) is 101 Å². The lowest BCUT2D eigenvalue weighted by Gasteiger charge is -2.14. The molecule has 0 saturated carbocycles. The van der Waals surface area contributed by atoms with Gasteiger partial charge in [-0.2, -0.15) is 0 Å². The first kappa shape index (κ1) is 29.6. The van der Waals surface area contributed by atoms with E-state index in [1.807, 2.05) is 0 Å². The van der Waals surface area contributed by atoms with Crippen LogP contribution in [0, 0.1) is 0 Å². The summed E-state index contributed by atoms with van der Waals surface area (Å²) in [5.41, 5.74) is 18.9. The second-order valence-corrected chi connectivity index (χ2v) is 11.6. The fourth-order valence-electron chi connectivity index (χ4n) is 6.94. The third-order valence-corrected chi connectivity index (χ3v) is 9.62. The van der Waals surface area contributed by atoms with Crippen molar-refractivity contribution >= 4 is 38.8 Å². The van der Waals surface area contributed by atoms with Crippen molar-refractivity contribution in [3.63, 3.8) is 0 Å². The average Bonchev–Trinajstić information content (AvgIpc) is 3.76. The van der Waals surface area contributed by atoms with Gasteiger partial charge in [-0.3, -0.25) is 0 Å². The summed E-state index contributed by atoms with van der Waals surface area (Å²) in [4.78, 5) is 21.3. The van der Waals surface area contributed by atoms with Crippen LogP contribution in [-0.2, 0) is 0 Å². The molecule has 0 aromatic carbocycles. The molecule has 0 radical (unpaired) electrons. The van der Waals surface area contributed by atoms with E-state index >= 15 is 0 Å². The van der Waals surface area contributed by atoms with E-state index in [2.05, 4.69) is 89.5 Å². The van der Waals surface area contributed by atoms with E-state index in [-0.39, 0.29) is 0 Å². The zero-order chi connectivity index (χ0) is 29.4. The fraction of sp³-hybridized carbons (Fsp3) is 0.444. The van der Waals surface area contributed by atoms with Gasteiger partial charge in [0.1, 0.15) is 0 Å². The monoisotopic (exact) mass is 610 g/mol. The molecule has 0 aromatic rings. The van der Waals surface area contributed by atoms with Crippen molar-refractivity contribution < 1.29 is 0 Å². The van der Waals surface area contributed by atoms with Crippen molar-refractivity contribution in [3.05, 3.63) is 90.1 Å². The highest BCUT2D eigenvalue weighted by molar-refractivity contribution is 9.12. The molecule has 0 aliphatic carbocycles. The number of allylic oxidation sites excluding steroid dienone is 12. The van der Waals surface area contributed by atoms with E-state index in [0.29, 0.717) is 0 Å². The summed E-state index contributed by atoms with van der Waals surface area (Å²) in [5, 5.41) is 0. The maximum atomic E-state index is 5.47. The molecule has 4 nitrogen and oxygen atoms in total. The summed E-state index contributed by atoms with van der Waals surface area (Å²) in [6.07, 6.45) is 13.8. The Kier molecular flexibility index (Phi) is 8.75. The van der Waals surface area contributed by atoms with Crippen molar-refractivity contribution in [3.8, 4) is 0 Å². The maximum absolute atomic E-state index is 5.47. The summed E-state index contributed by atoms with van der Waals surface area (Å²) in [5.74, 6) is 0. The largest absolute Gasteiger partial charge is 0.249 e. The lowest BCUT2D eigenvalue weighted by molar-refractivity contribution is 1.02. The Morgan fingerprint density at radius 2 is 0.927 bits per heavy atom. The van der Waals surface area contributed by atoms with Crippen LogP contribution in [0.25, 0.3) is 0 Å². The lowest BCUT2D eigenvalue weighted by Crippen LogP contribution is -2.07. The van der Waals surface area contributed by atoms with Crippen LogP contribution >= 0.6 is 15.9 Å². The molecule has 0 amide bonds. The Labute approximate surface area is 254 Å². The first-order valence-electron chi connectivity index (χ1n) is 15.7. The SMILES string of the molecule is CCC1=C(CC)C2=C(Br)C3=NC(=C(CC)C4=NC(=C(CC)C5=NC(=CC1=N2)C=C5)C(CC)=C4CC)C(CC)=C3CC. The molecule has 0 spiro atoms. The molecule has 5 heteroatoms. The Balaban J connectivity index is 1.94. The second-order valence-electron chi connectivity index (χ2n) is 10.8. The number of rotatable bonds is 8. The summed E-state index contributed by atoms with van der Waals surface area (Å²) in [7, 11) is 0. The van der Waals surface area contributed by atoms with Crippen molar-refractivity contribution in [1.29, 1.82) is 0 Å². The molecule has 0 aromatic heterocycles. The third-order valence-electron chi connectivity index (χ3n) is 8.87. The first-order chi connectivity index (χ1) is 19.9. The molecule has 0 atom stereocenters. The van der Waals surface area contributed by atoms with Crippen LogP contribution in [0.5, 0.6) is 0 Å². The van der Waals surface area contributed by atoms with Gasteiger partial charge in [0, 0.05) is 11.1 Å². The van der Waals surface area contributed by atoms with E-state index in [4.69, 9.17) is 20.0 Å². The molecular formula is C36H43BrN4. The topological polar surface area (TPSA) is 49.4 Å². The zero-order valence-corrected chi connectivity index (χ0v) is 27.6. The number of hydrogen-bond acceptors (Lipinski definition) is 4. The minimum Gasteiger partial charge on any atom is -0.249 e. The standard InChI is InChI=1S/C36H43BrN4/c1-9-21-22(10-2)35-31(37)36-26(14-6)25(13-5)34(41-36)28(16-8)33-24(12-4)23(11-3)32(40-33)27(15-7)29-18-17-20(38-29)19-30(21)39-35/h17-19H,9-16H2,1-8H3. The van der Waals surface area contributed by atoms with Gasteiger partial charge in [-0.15, -0.1) is 0 Å². The quantitative estimate of drug-likeness (QED) is 0.262. The van der Waals surface area contributed by atoms with Crippen LogP contribution in [0.3, 0.4) is 0 Å². The highest BCUT2D eigenvalue weighted by atomic mass is 79.9. The van der Waals surface area contributed by atoms with Crippen molar-refractivity contribution in [2.75, 3.05) is 0 Å². The van der Waals surface area contributed by atoms with Gasteiger partial charge in [-0.1, -0.05) is 55.4 Å². The average molecular weight is 612 g/mol. The summed E-state index contributed by atoms with van der Waals surface area (Å²) in [6, 6.07) is 0. The van der Waals surface area contributed by atoms with Gasteiger partial charge >= 0.3 is 0 Å². The third kappa shape index (κ3) is 4.74. The number of fused-ring (bicyclic) bond motifs is 4. The number of hydrogen-bond donors (Lipinski definition) is 0. The first-order valence-corrected chi connectivity index (χ1v) is 16.5. The van der Waals surface area contributed by atoms with Crippen LogP contribution < -0.4 is 0 Å². The van der Waals surface area contributed by atoms with Crippen LogP contribution in [0.15, 0.2) is 110 Å². The molecule has 0 saturated heterocycles. The van der Waals surface area contributed by atoms with Gasteiger partial charge < -0.3 is 0 Å². The highest BCUT2D eigenvalue weighted by Crippen LogP contribution is 2.44. The van der Waals surface area contributed by atoms with Gasteiger partial charge in [0.25, 0.3) is 0 Å². The van der Waals surface area contributed by atoms with Gasteiger partial charge in [0.2, 0.25) is 0 Å². The number of aliphatic imine (C=N–C) groups is 4. The van der Waals surface area contributed by atoms with E-state index in [1.165, 1.54) is 44.6 Å². The zero-order valence-electron chi connectivity index (χ0n) is 26.1. The molecule has 0 unspecified atom stereocenters. The van der Waals surface area contributed by atoms with Gasteiger partial charge in [-0.05, 0) is 119 Å². The van der Waals surface area contributed by atoms with Gasteiger partial charge in [-0.25, -0.2) is 20.0 Å². The molecule has 41 heavy (non-hydrogen) atoms. The minimum absolute atomic E-state index is 0.879. The fourth-order valence-corrected chi connectivity index (χ4v) is 7.60. The van der Waals surface area contributed by atoms with E-state index in [1.54, 1.807) is 0 Å². The molecule has 5 aliphatic heterocycles. The molecule has 0 N–H and O–H groups in total. The normalized spacial score (nSPS) is 20.7. The summed E-state index contributed by atoms with van der Waals surface area (Å²) >= 11 is 4.05. The molecule has 5 aliphatic rings. The Morgan fingerprint density at radius 1 is 0.439 bits per heavy atom. The predicted octanol–water partition coefficient (Wildman–Crippen LogP) is 10.5. The van der Waals surface area contributed by atoms with Crippen LogP contribution in [0.2, 0.25) is 0 Å². The predicted molar refractivity (Wildman–Crippen MR) is 180 cm³/mol. The van der Waals surface area contributed by atoms with Crippen LogP contribution in [0.4, 0.5) is 0 Å². The number of nitrogens with zero attached hydrogens (tertiary/aromatic N) is 4. The van der Waals surface area contributed by atoms with Crippen molar-refractivity contribution in [1.82, 2.24) is 0 Å². The molecule has 0 fully saturated rings. The Morgan fingerprint density at radius 3 is 1.49 bits per heavy atom. The lowest BCUT2D eigenvalue weighted by atomic mass is 9.89. The van der Waals surface area contributed by atoms with Crippen LogP contribution in [0.1, 0.15) is 107 Å². The summed E-state index contributed by atoms with van der Waals surface area (Å²) in [6.45, 7) is 18.0. The Bertz CT molecular complexity index is 1580. The van der Waals surface area contributed by atoms with Crippen molar-refractivity contribution in [2.24, 2.45) is 20.0 Å². The maximum Gasteiger partial charge on any atom is 0.0836 e. The minimum atomic E-state index is 0.879. The highest BCUT2D eigenvalue weighted by Gasteiger charge is 2.34. The molecule has 5 heterocycles. The smallest absolute Gasteiger partial charge is 0.0836 e. The van der Waals surface area contributed by atoms with Gasteiger partial charge in [0.15, 0.2) is 0 Å². The number of halogens is 1. The van der Waals surface area contributed by atoms with Crippen LogP contribution in [-0.4, -0.2) is 22.8 Å². The Hall–Kier alpha value is -2.92. The van der Waals surface area contributed by atoms with E-state index < -0.39 is 0 Å². The summed E-state index contributed by atoms with van der Waals surface area (Å²) < 4.78 is 1.00. The molecule has 214 valence electrons. The molecular weight excluding hydrogens is 568 g/mol. The van der Waals surface area contributed by atoms with Crippen molar-refractivity contribution in [2.45, 2.75) is 107 Å².